The molecule has 1 saturated carbocycles. The van der Waals surface area contributed by atoms with Crippen molar-refractivity contribution in [2.24, 2.45) is 5.73 Å². The van der Waals surface area contributed by atoms with Gasteiger partial charge < -0.3 is 10.5 Å². The van der Waals surface area contributed by atoms with Gasteiger partial charge in [-0.15, -0.1) is 11.3 Å². The van der Waals surface area contributed by atoms with Gasteiger partial charge in [-0.3, -0.25) is 14.2 Å². The first kappa shape index (κ1) is 16.0. The largest absolute Gasteiger partial charge is 0.494 e. The molecule has 1 aliphatic carbocycles. The highest BCUT2D eigenvalue weighted by atomic mass is 32.1. The molecule has 25 heavy (non-hydrogen) atoms. The van der Waals surface area contributed by atoms with E-state index in [1.54, 1.807) is 6.07 Å². The molecule has 0 bridgehead atoms. The third kappa shape index (κ3) is 2.49. The van der Waals surface area contributed by atoms with Crippen LogP contribution in [0, 0.1) is 5.82 Å². The van der Waals surface area contributed by atoms with E-state index in [9.17, 15) is 14.0 Å². The predicted molar refractivity (Wildman–Crippen MR) is 94.0 cm³/mol. The summed E-state index contributed by atoms with van der Waals surface area (Å²) in [4.78, 5) is 27.5. The molecule has 1 fully saturated rings. The van der Waals surface area contributed by atoms with Crippen molar-refractivity contribution in [3.05, 3.63) is 55.4 Å². The molecule has 0 spiro atoms. The highest BCUT2D eigenvalue weighted by Gasteiger charge is 2.32. The van der Waals surface area contributed by atoms with Crippen molar-refractivity contribution in [3.8, 4) is 16.2 Å². The summed E-state index contributed by atoms with van der Waals surface area (Å²) in [5.41, 5.74) is 6.49. The van der Waals surface area contributed by atoms with E-state index in [4.69, 9.17) is 10.5 Å². The number of nitrogens with zero attached hydrogens (tertiary/aromatic N) is 1. The van der Waals surface area contributed by atoms with Crippen LogP contribution in [0.5, 0.6) is 5.75 Å². The van der Waals surface area contributed by atoms with Gasteiger partial charge in [0.1, 0.15) is 5.52 Å². The van der Waals surface area contributed by atoms with Crippen LogP contribution in [0.15, 0.2) is 27.2 Å². The molecular weight excluding hydrogens is 345 g/mol. The summed E-state index contributed by atoms with van der Waals surface area (Å²) in [6.45, 7) is 0.348. The zero-order valence-corrected chi connectivity index (χ0v) is 14.3. The van der Waals surface area contributed by atoms with Crippen molar-refractivity contribution < 1.29 is 9.13 Å². The molecule has 0 radical (unpaired) electrons. The number of pyridine rings is 1. The number of halogens is 1. The highest BCUT2D eigenvalue weighted by Crippen LogP contribution is 2.45. The van der Waals surface area contributed by atoms with Crippen LogP contribution < -0.4 is 21.7 Å². The Morgan fingerprint density at radius 3 is 2.80 bits per heavy atom. The number of hydrogen-bond donors (Lipinski definition) is 2. The number of nitrogens with two attached hydrogens (primary N) is 1. The Hall–Kier alpha value is -2.45. The summed E-state index contributed by atoms with van der Waals surface area (Å²) in [6, 6.07) is 1.80. The number of H-pyrrole nitrogens is 1. The Bertz CT molecular complexity index is 1090. The van der Waals surface area contributed by atoms with Gasteiger partial charge in [0.15, 0.2) is 11.6 Å². The molecule has 0 aliphatic heterocycles. The van der Waals surface area contributed by atoms with Crippen LogP contribution >= 0.6 is 11.3 Å². The van der Waals surface area contributed by atoms with Crippen molar-refractivity contribution in [2.75, 3.05) is 7.11 Å². The van der Waals surface area contributed by atoms with Crippen molar-refractivity contribution in [2.45, 2.75) is 25.3 Å². The minimum absolute atomic E-state index is 0.0644. The molecule has 3 aromatic rings. The van der Waals surface area contributed by atoms with E-state index < -0.39 is 17.1 Å². The summed E-state index contributed by atoms with van der Waals surface area (Å²) in [5.74, 6) is -0.323. The fourth-order valence-electron chi connectivity index (χ4n) is 3.12. The number of hydrogen-bond acceptors (Lipinski definition) is 5. The Labute approximate surface area is 145 Å². The Kier molecular flexibility index (Phi) is 3.73. The average Bonchev–Trinajstić information content (AvgIpc) is 3.31. The Morgan fingerprint density at radius 1 is 1.44 bits per heavy atom. The van der Waals surface area contributed by atoms with Crippen LogP contribution in [0.4, 0.5) is 4.39 Å². The predicted octanol–water partition coefficient (Wildman–Crippen LogP) is 2.20. The monoisotopic (exact) mass is 361 g/mol. The molecule has 3 N–H and O–H groups in total. The lowest BCUT2D eigenvalue weighted by Crippen LogP contribution is -2.29. The quantitative estimate of drug-likeness (QED) is 0.745. The maximum absolute atomic E-state index is 14.8. The zero-order valence-electron chi connectivity index (χ0n) is 13.5. The summed E-state index contributed by atoms with van der Waals surface area (Å²) in [7, 11) is 1.41. The number of rotatable bonds is 4. The third-order valence-electron chi connectivity index (χ3n) is 4.43. The summed E-state index contributed by atoms with van der Waals surface area (Å²) in [6.07, 6.45) is 2.84. The van der Waals surface area contributed by atoms with E-state index >= 15 is 0 Å². The van der Waals surface area contributed by atoms with Gasteiger partial charge in [0, 0.05) is 17.0 Å². The number of ether oxygens (including phenoxy) is 1. The van der Waals surface area contributed by atoms with Crippen molar-refractivity contribution in [1.82, 2.24) is 9.38 Å². The summed E-state index contributed by atoms with van der Waals surface area (Å²) < 4.78 is 21.5. The number of nitrogens with one attached hydrogen (secondary N) is 1. The molecule has 3 heterocycles. The van der Waals surface area contributed by atoms with Gasteiger partial charge in [0.25, 0.3) is 5.56 Å². The smallest absolute Gasteiger partial charge is 0.333 e. The lowest BCUT2D eigenvalue weighted by molar-refractivity contribution is 0.415. The maximum Gasteiger partial charge on any atom is 0.333 e. The molecule has 4 rings (SSSR count). The standard InChI is InChI=1S/C17H16FN3O3S/c1-24-15-13(11-4-8(5-19)7-25-11)10(18)6-21-14(15)12(9-2-3-9)16(22)20-17(21)23/h4,6-7,9H,2-3,5,19H2,1H3,(H,20,22,23). The molecule has 3 aromatic heterocycles. The number of fused-ring (bicyclic) bond motifs is 1. The average molecular weight is 361 g/mol. The highest BCUT2D eigenvalue weighted by molar-refractivity contribution is 7.13. The van der Waals surface area contributed by atoms with Crippen molar-refractivity contribution >= 4 is 16.9 Å². The minimum atomic E-state index is -0.679. The van der Waals surface area contributed by atoms with E-state index in [0.717, 1.165) is 29.0 Å². The number of thiophene rings is 1. The van der Waals surface area contributed by atoms with Gasteiger partial charge in [0.2, 0.25) is 0 Å². The topological polar surface area (TPSA) is 89.6 Å². The van der Waals surface area contributed by atoms with Crippen LogP contribution in [0.3, 0.4) is 0 Å². The van der Waals surface area contributed by atoms with Gasteiger partial charge in [-0.1, -0.05) is 0 Å². The van der Waals surface area contributed by atoms with E-state index in [2.05, 4.69) is 4.98 Å². The Morgan fingerprint density at radius 2 is 2.20 bits per heavy atom. The normalized spacial score (nSPS) is 14.2. The Balaban J connectivity index is 2.14. The second kappa shape index (κ2) is 5.82. The fraction of sp³-hybridized carbons (Fsp3) is 0.294. The van der Waals surface area contributed by atoms with Crippen molar-refractivity contribution in [1.29, 1.82) is 0 Å². The van der Waals surface area contributed by atoms with Crippen LogP contribution in [0.2, 0.25) is 0 Å². The van der Waals surface area contributed by atoms with Crippen LogP contribution in [-0.4, -0.2) is 16.5 Å². The second-order valence-corrected chi connectivity index (χ2v) is 6.99. The van der Waals surface area contributed by atoms with E-state index in [1.165, 1.54) is 18.4 Å². The second-order valence-electron chi connectivity index (χ2n) is 6.07. The molecule has 8 heteroatoms. The number of aromatic nitrogens is 2. The van der Waals surface area contributed by atoms with Gasteiger partial charge in [-0.25, -0.2) is 9.18 Å². The minimum Gasteiger partial charge on any atom is -0.494 e. The first-order chi connectivity index (χ1) is 12.0. The SMILES string of the molecule is COc1c(-c2cc(CN)cs2)c(F)cn2c(=O)[nH]c(=O)c(C3CC3)c12. The molecule has 0 unspecified atom stereocenters. The lowest BCUT2D eigenvalue weighted by atomic mass is 10.1. The van der Waals surface area contributed by atoms with Gasteiger partial charge in [-0.05, 0) is 35.8 Å². The third-order valence-corrected chi connectivity index (χ3v) is 5.43. The molecule has 6 nitrogen and oxygen atoms in total. The number of methoxy groups -OCH3 is 1. The summed E-state index contributed by atoms with van der Waals surface area (Å²) >= 11 is 1.34. The molecular formula is C17H16FN3O3S. The molecule has 0 aromatic carbocycles. The van der Waals surface area contributed by atoms with Crippen LogP contribution in [0.25, 0.3) is 16.0 Å². The zero-order chi connectivity index (χ0) is 17.7. The molecule has 0 saturated heterocycles. The van der Waals surface area contributed by atoms with Gasteiger partial charge in [0.05, 0.1) is 18.9 Å². The first-order valence-corrected chi connectivity index (χ1v) is 8.76. The lowest BCUT2D eigenvalue weighted by Gasteiger charge is -2.15. The van der Waals surface area contributed by atoms with E-state index in [0.29, 0.717) is 22.5 Å². The van der Waals surface area contributed by atoms with E-state index in [-0.39, 0.29) is 17.2 Å². The van der Waals surface area contributed by atoms with E-state index in [1.807, 2.05) is 5.38 Å². The van der Waals surface area contributed by atoms with Crippen LogP contribution in [0.1, 0.15) is 29.9 Å². The molecule has 1 aliphatic rings. The first-order valence-electron chi connectivity index (χ1n) is 7.88. The fourth-order valence-corrected chi connectivity index (χ4v) is 4.09. The van der Waals surface area contributed by atoms with Gasteiger partial charge >= 0.3 is 5.69 Å². The summed E-state index contributed by atoms with van der Waals surface area (Å²) in [5, 5.41) is 1.85. The van der Waals surface area contributed by atoms with Crippen molar-refractivity contribution in [3.63, 3.8) is 0 Å². The van der Waals surface area contributed by atoms with Gasteiger partial charge in [-0.2, -0.15) is 0 Å². The maximum atomic E-state index is 14.8. The number of aromatic amines is 1. The molecule has 130 valence electrons. The molecule has 0 amide bonds. The van der Waals surface area contributed by atoms with Crippen LogP contribution in [-0.2, 0) is 6.54 Å². The molecule has 0 atom stereocenters.